The van der Waals surface area contributed by atoms with Crippen molar-refractivity contribution < 1.29 is 4.79 Å². The van der Waals surface area contributed by atoms with E-state index in [1.54, 1.807) is 12.1 Å². The summed E-state index contributed by atoms with van der Waals surface area (Å²) in [5.41, 5.74) is 6.98. The second-order valence-corrected chi connectivity index (χ2v) is 6.42. The van der Waals surface area contributed by atoms with Gasteiger partial charge in [-0.1, -0.05) is 12.1 Å². The fraction of sp³-hybridized carbons (Fsp3) is 0.312. The van der Waals surface area contributed by atoms with Crippen molar-refractivity contribution in [1.82, 2.24) is 4.90 Å². The molecule has 1 amide bonds. The highest BCUT2D eigenvalue weighted by Gasteiger charge is 2.13. The van der Waals surface area contributed by atoms with Crippen LogP contribution >= 0.6 is 11.3 Å². The van der Waals surface area contributed by atoms with Crippen molar-refractivity contribution in [3.8, 4) is 0 Å². The number of hydrogen-bond acceptors (Lipinski definition) is 3. The normalized spacial score (nSPS) is 12.6. The number of amides is 1. The maximum atomic E-state index is 11.0. The first kappa shape index (κ1) is 14.8. The van der Waals surface area contributed by atoms with Gasteiger partial charge in [0.1, 0.15) is 0 Å². The van der Waals surface area contributed by atoms with Crippen LogP contribution in [0.2, 0.25) is 0 Å². The van der Waals surface area contributed by atoms with Gasteiger partial charge < -0.3 is 5.73 Å². The van der Waals surface area contributed by atoms with Gasteiger partial charge in [-0.05, 0) is 50.7 Å². The number of rotatable bonds is 5. The predicted octanol–water partition coefficient (Wildman–Crippen LogP) is 3.35. The quantitative estimate of drug-likeness (QED) is 0.917. The Hall–Kier alpha value is -1.65. The summed E-state index contributed by atoms with van der Waals surface area (Å²) in [5.74, 6) is -0.382. The summed E-state index contributed by atoms with van der Waals surface area (Å²) in [7, 11) is 2.11. The van der Waals surface area contributed by atoms with Crippen molar-refractivity contribution >= 4 is 17.2 Å². The lowest BCUT2D eigenvalue weighted by atomic mass is 10.1. The van der Waals surface area contributed by atoms with Crippen LogP contribution in [0.15, 0.2) is 36.4 Å². The van der Waals surface area contributed by atoms with Crippen LogP contribution in [-0.2, 0) is 6.54 Å². The molecule has 1 aromatic heterocycles. The zero-order valence-electron chi connectivity index (χ0n) is 12.1. The van der Waals surface area contributed by atoms with Crippen molar-refractivity contribution in [2.75, 3.05) is 7.05 Å². The minimum absolute atomic E-state index is 0.379. The van der Waals surface area contributed by atoms with Crippen molar-refractivity contribution in [2.24, 2.45) is 5.73 Å². The molecule has 1 atom stereocenters. The van der Waals surface area contributed by atoms with Gasteiger partial charge in [0, 0.05) is 27.9 Å². The molecule has 0 saturated heterocycles. The van der Waals surface area contributed by atoms with Crippen LogP contribution in [0.5, 0.6) is 0 Å². The topological polar surface area (TPSA) is 46.3 Å². The monoisotopic (exact) mass is 288 g/mol. The van der Waals surface area contributed by atoms with E-state index in [1.165, 1.54) is 15.3 Å². The molecule has 0 aliphatic rings. The molecule has 0 saturated carbocycles. The highest BCUT2D eigenvalue weighted by Crippen LogP contribution is 2.27. The van der Waals surface area contributed by atoms with Gasteiger partial charge in [0.2, 0.25) is 5.91 Å². The highest BCUT2D eigenvalue weighted by molar-refractivity contribution is 7.12. The average Bonchev–Trinajstić information content (AvgIpc) is 2.85. The minimum Gasteiger partial charge on any atom is -0.366 e. The Morgan fingerprint density at radius 3 is 2.40 bits per heavy atom. The Balaban J connectivity index is 2.03. The summed E-state index contributed by atoms with van der Waals surface area (Å²) >= 11 is 1.84. The van der Waals surface area contributed by atoms with E-state index in [9.17, 15) is 4.79 Å². The van der Waals surface area contributed by atoms with Crippen LogP contribution < -0.4 is 5.73 Å². The SMILES string of the molecule is Cc1ccc([C@@H](C)N(C)Cc2ccc(C(N)=O)cc2)s1. The Morgan fingerprint density at radius 2 is 1.90 bits per heavy atom. The van der Waals surface area contributed by atoms with Crippen LogP contribution in [0.1, 0.15) is 38.6 Å². The standard InChI is InChI=1S/C16H20N2OS/c1-11-4-9-15(20-11)12(2)18(3)10-13-5-7-14(8-6-13)16(17)19/h4-9,12H,10H2,1-3H3,(H2,17,19)/t12-/m1/s1. The van der Waals surface area contributed by atoms with E-state index in [0.29, 0.717) is 11.6 Å². The third-order valence-electron chi connectivity index (χ3n) is 3.50. The number of aryl methyl sites for hydroxylation is 1. The van der Waals surface area contributed by atoms with Gasteiger partial charge in [0.25, 0.3) is 0 Å². The summed E-state index contributed by atoms with van der Waals surface area (Å²) in [5, 5.41) is 0. The van der Waals surface area contributed by atoms with Crippen molar-refractivity contribution in [2.45, 2.75) is 26.4 Å². The molecule has 0 radical (unpaired) electrons. The zero-order valence-corrected chi connectivity index (χ0v) is 12.9. The van der Waals surface area contributed by atoms with Gasteiger partial charge >= 0.3 is 0 Å². The molecule has 0 fully saturated rings. The lowest BCUT2D eigenvalue weighted by molar-refractivity contribution is 0.100. The lowest BCUT2D eigenvalue weighted by Crippen LogP contribution is -2.21. The lowest BCUT2D eigenvalue weighted by Gasteiger charge is -2.24. The van der Waals surface area contributed by atoms with E-state index < -0.39 is 0 Å². The first-order valence-electron chi connectivity index (χ1n) is 6.62. The van der Waals surface area contributed by atoms with Gasteiger partial charge in [0.05, 0.1) is 0 Å². The Labute approximate surface area is 124 Å². The molecule has 0 spiro atoms. The van der Waals surface area contributed by atoms with E-state index >= 15 is 0 Å². The highest BCUT2D eigenvalue weighted by atomic mass is 32.1. The van der Waals surface area contributed by atoms with Gasteiger partial charge in [-0.25, -0.2) is 0 Å². The number of primary amides is 1. The summed E-state index contributed by atoms with van der Waals surface area (Å²) in [6.45, 7) is 5.18. The van der Waals surface area contributed by atoms with Crippen LogP contribution in [-0.4, -0.2) is 17.9 Å². The number of carbonyl (C=O) groups excluding carboxylic acids is 1. The van der Waals surface area contributed by atoms with E-state index in [-0.39, 0.29) is 5.91 Å². The third kappa shape index (κ3) is 3.46. The Kier molecular flexibility index (Phi) is 4.57. The third-order valence-corrected chi connectivity index (χ3v) is 4.68. The fourth-order valence-corrected chi connectivity index (χ4v) is 3.09. The van der Waals surface area contributed by atoms with E-state index in [0.717, 1.165) is 6.54 Å². The number of benzene rings is 1. The van der Waals surface area contributed by atoms with Crippen molar-refractivity contribution in [3.63, 3.8) is 0 Å². The first-order chi connectivity index (χ1) is 9.47. The van der Waals surface area contributed by atoms with Crippen LogP contribution in [0, 0.1) is 6.92 Å². The summed E-state index contributed by atoms with van der Waals surface area (Å²) in [4.78, 5) is 16.1. The molecular weight excluding hydrogens is 268 g/mol. The zero-order chi connectivity index (χ0) is 14.7. The molecule has 3 nitrogen and oxygen atoms in total. The predicted molar refractivity (Wildman–Crippen MR) is 83.9 cm³/mol. The number of hydrogen-bond donors (Lipinski definition) is 1. The van der Waals surface area contributed by atoms with Gasteiger partial charge in [-0.3, -0.25) is 9.69 Å². The fourth-order valence-electron chi connectivity index (χ4n) is 2.09. The molecule has 1 aromatic carbocycles. The number of nitrogens with zero attached hydrogens (tertiary/aromatic N) is 1. The van der Waals surface area contributed by atoms with Crippen molar-refractivity contribution in [3.05, 3.63) is 57.3 Å². The van der Waals surface area contributed by atoms with E-state index in [4.69, 9.17) is 5.73 Å². The number of thiophene rings is 1. The first-order valence-corrected chi connectivity index (χ1v) is 7.44. The second kappa shape index (κ2) is 6.20. The molecule has 0 aliphatic heterocycles. The Bertz CT molecular complexity index is 589. The molecule has 4 heteroatoms. The van der Waals surface area contributed by atoms with Crippen LogP contribution in [0.4, 0.5) is 0 Å². The second-order valence-electron chi connectivity index (χ2n) is 5.10. The van der Waals surface area contributed by atoms with Gasteiger partial charge in [0.15, 0.2) is 0 Å². The molecule has 2 rings (SSSR count). The smallest absolute Gasteiger partial charge is 0.248 e. The molecule has 20 heavy (non-hydrogen) atoms. The number of nitrogens with two attached hydrogens (primary N) is 1. The van der Waals surface area contributed by atoms with Gasteiger partial charge in [-0.15, -0.1) is 11.3 Å². The summed E-state index contributed by atoms with van der Waals surface area (Å²) < 4.78 is 0. The minimum atomic E-state index is -0.382. The van der Waals surface area contributed by atoms with E-state index in [2.05, 4.69) is 37.9 Å². The van der Waals surface area contributed by atoms with Crippen molar-refractivity contribution in [1.29, 1.82) is 0 Å². The maximum Gasteiger partial charge on any atom is 0.248 e. The molecule has 1 heterocycles. The molecule has 0 unspecified atom stereocenters. The molecule has 0 bridgehead atoms. The van der Waals surface area contributed by atoms with E-state index in [1.807, 2.05) is 23.5 Å². The van der Waals surface area contributed by atoms with Crippen LogP contribution in [0.3, 0.4) is 0 Å². The number of carbonyl (C=O) groups is 1. The maximum absolute atomic E-state index is 11.0. The molecule has 2 aromatic rings. The molecule has 0 aliphatic carbocycles. The largest absolute Gasteiger partial charge is 0.366 e. The van der Waals surface area contributed by atoms with Crippen LogP contribution in [0.25, 0.3) is 0 Å². The molecule has 2 N–H and O–H groups in total. The van der Waals surface area contributed by atoms with Gasteiger partial charge in [-0.2, -0.15) is 0 Å². The molecule has 106 valence electrons. The summed E-state index contributed by atoms with van der Waals surface area (Å²) in [6.07, 6.45) is 0. The molecular formula is C16H20N2OS. The summed E-state index contributed by atoms with van der Waals surface area (Å²) in [6, 6.07) is 12.2. The Morgan fingerprint density at radius 1 is 1.25 bits per heavy atom. The average molecular weight is 288 g/mol.